The quantitative estimate of drug-likeness (QED) is 0.411. The van der Waals surface area contributed by atoms with Gasteiger partial charge in [-0.3, -0.25) is 9.59 Å². The Labute approximate surface area is 206 Å². The van der Waals surface area contributed by atoms with Gasteiger partial charge >= 0.3 is 12.1 Å². The van der Waals surface area contributed by atoms with Gasteiger partial charge in [0, 0.05) is 19.0 Å². The highest BCUT2D eigenvalue weighted by Gasteiger charge is 2.33. The van der Waals surface area contributed by atoms with Crippen LogP contribution in [0.3, 0.4) is 0 Å². The second-order valence-electron chi connectivity index (χ2n) is 9.68. The zero-order valence-corrected chi connectivity index (χ0v) is 20.2. The third kappa shape index (κ3) is 5.84. The molecule has 2 amide bonds. The molecule has 3 N–H and O–H groups in total. The zero-order chi connectivity index (χ0) is 24.8. The highest BCUT2D eigenvalue weighted by molar-refractivity contribution is 5.80. The van der Waals surface area contributed by atoms with Gasteiger partial charge in [-0.05, 0) is 53.9 Å². The number of rotatable bonds is 11. The van der Waals surface area contributed by atoms with Gasteiger partial charge in [0.25, 0.3) is 0 Å². The Hall–Kier alpha value is -3.35. The lowest BCUT2D eigenvalue weighted by Crippen LogP contribution is -2.44. The van der Waals surface area contributed by atoms with Crippen LogP contribution in [0.25, 0.3) is 11.1 Å². The number of ether oxygens (including phenoxy) is 1. The van der Waals surface area contributed by atoms with Crippen LogP contribution in [0.1, 0.15) is 56.1 Å². The molecule has 1 saturated carbocycles. The lowest BCUT2D eigenvalue weighted by Gasteiger charge is -2.33. The zero-order valence-electron chi connectivity index (χ0n) is 20.2. The molecule has 2 unspecified atom stereocenters. The smallest absolute Gasteiger partial charge is 0.407 e. The third-order valence-electron chi connectivity index (χ3n) is 7.40. The molecule has 0 saturated heterocycles. The van der Waals surface area contributed by atoms with Crippen LogP contribution in [0.5, 0.6) is 0 Å². The number of carbonyl (C=O) groups excluding carboxylic acids is 2. The summed E-state index contributed by atoms with van der Waals surface area (Å²) in [5.74, 6) is -1.40. The number of carboxylic acid groups (broad SMARTS) is 1. The number of aliphatic carboxylic acids is 1. The highest BCUT2D eigenvalue weighted by Crippen LogP contribution is 2.44. The topological polar surface area (TPSA) is 105 Å². The maximum absolute atomic E-state index is 12.8. The SMILES string of the molecule is CC(CCCNC(=O)C(CNC(=O)OCC1c2ccccc2-c2ccccc21)C1CCC1)C(=O)O. The van der Waals surface area contributed by atoms with E-state index in [2.05, 4.69) is 34.9 Å². The monoisotopic (exact) mass is 478 g/mol. The van der Waals surface area contributed by atoms with Gasteiger partial charge in [-0.1, -0.05) is 61.9 Å². The molecule has 0 spiro atoms. The number of carbonyl (C=O) groups is 3. The molecule has 7 nitrogen and oxygen atoms in total. The molecule has 2 aromatic rings. The maximum Gasteiger partial charge on any atom is 0.407 e. The van der Waals surface area contributed by atoms with E-state index in [1.807, 2.05) is 24.3 Å². The van der Waals surface area contributed by atoms with Gasteiger partial charge in [0.05, 0.1) is 11.8 Å². The van der Waals surface area contributed by atoms with Crippen molar-refractivity contribution in [1.82, 2.24) is 10.6 Å². The second-order valence-corrected chi connectivity index (χ2v) is 9.68. The largest absolute Gasteiger partial charge is 0.481 e. The fourth-order valence-corrected chi connectivity index (χ4v) is 5.03. The Morgan fingerprint density at radius 2 is 1.63 bits per heavy atom. The first-order chi connectivity index (χ1) is 17.0. The van der Waals surface area contributed by atoms with E-state index in [4.69, 9.17) is 9.84 Å². The highest BCUT2D eigenvalue weighted by atomic mass is 16.5. The lowest BCUT2D eigenvalue weighted by molar-refractivity contribution is -0.141. The molecule has 0 heterocycles. The summed E-state index contributed by atoms with van der Waals surface area (Å²) in [4.78, 5) is 36.3. The minimum absolute atomic E-state index is 0.00734. The molecule has 35 heavy (non-hydrogen) atoms. The predicted molar refractivity (Wildman–Crippen MR) is 133 cm³/mol. The Morgan fingerprint density at radius 1 is 1.00 bits per heavy atom. The van der Waals surface area contributed by atoms with E-state index in [0.717, 1.165) is 30.4 Å². The maximum atomic E-state index is 12.8. The minimum Gasteiger partial charge on any atom is -0.481 e. The Bertz CT molecular complexity index is 1020. The average Bonchev–Trinajstić information content (AvgIpc) is 3.15. The number of alkyl carbamates (subject to hydrolysis) is 1. The summed E-state index contributed by atoms with van der Waals surface area (Å²) >= 11 is 0. The molecule has 0 aliphatic heterocycles. The van der Waals surface area contributed by atoms with Gasteiger partial charge < -0.3 is 20.5 Å². The second kappa shape index (κ2) is 11.4. The Morgan fingerprint density at radius 3 is 2.20 bits per heavy atom. The minimum atomic E-state index is -0.823. The van der Waals surface area contributed by atoms with Crippen molar-refractivity contribution < 1.29 is 24.2 Å². The molecule has 2 aromatic carbocycles. The van der Waals surface area contributed by atoms with Crippen LogP contribution >= 0.6 is 0 Å². The van der Waals surface area contributed by atoms with Crippen LogP contribution in [0.15, 0.2) is 48.5 Å². The molecule has 0 aromatic heterocycles. The summed E-state index contributed by atoms with van der Waals surface area (Å²) in [5.41, 5.74) is 4.67. The van der Waals surface area contributed by atoms with Gasteiger partial charge in [0.2, 0.25) is 5.91 Å². The average molecular weight is 479 g/mol. The molecule has 186 valence electrons. The number of hydrogen-bond acceptors (Lipinski definition) is 4. The summed E-state index contributed by atoms with van der Waals surface area (Å²) in [6.07, 6.45) is 3.65. The first kappa shape index (κ1) is 24.8. The molecule has 7 heteroatoms. The predicted octanol–water partition coefficient (Wildman–Crippen LogP) is 4.56. The molecular weight excluding hydrogens is 444 g/mol. The summed E-state index contributed by atoms with van der Waals surface area (Å²) in [7, 11) is 0. The molecule has 0 radical (unpaired) electrons. The van der Waals surface area contributed by atoms with Gasteiger partial charge in [-0.2, -0.15) is 0 Å². The van der Waals surface area contributed by atoms with Gasteiger partial charge in [0.15, 0.2) is 0 Å². The lowest BCUT2D eigenvalue weighted by atomic mass is 9.75. The molecular formula is C28H34N2O5. The number of benzene rings is 2. The van der Waals surface area contributed by atoms with Crippen LogP contribution in [0.4, 0.5) is 4.79 Å². The summed E-state index contributed by atoms with van der Waals surface area (Å²) in [6.45, 7) is 2.57. The van der Waals surface area contributed by atoms with E-state index in [1.165, 1.54) is 11.1 Å². The fourth-order valence-electron chi connectivity index (χ4n) is 5.03. The summed E-state index contributed by atoms with van der Waals surface area (Å²) < 4.78 is 5.61. The van der Waals surface area contributed by atoms with Gasteiger partial charge in [-0.15, -0.1) is 0 Å². The van der Waals surface area contributed by atoms with Crippen molar-refractivity contribution in [1.29, 1.82) is 0 Å². The van der Waals surface area contributed by atoms with Crippen molar-refractivity contribution in [2.75, 3.05) is 19.7 Å². The summed E-state index contributed by atoms with van der Waals surface area (Å²) in [6, 6.07) is 16.4. The van der Waals surface area contributed by atoms with E-state index in [1.54, 1.807) is 6.92 Å². The van der Waals surface area contributed by atoms with Crippen molar-refractivity contribution in [2.24, 2.45) is 17.8 Å². The van der Waals surface area contributed by atoms with Crippen LogP contribution in [-0.2, 0) is 14.3 Å². The number of nitrogens with one attached hydrogen (secondary N) is 2. The van der Waals surface area contributed by atoms with Crippen LogP contribution in [-0.4, -0.2) is 42.8 Å². The Balaban J connectivity index is 1.27. The van der Waals surface area contributed by atoms with Crippen LogP contribution < -0.4 is 10.6 Å². The normalized spacial score (nSPS) is 16.4. The van der Waals surface area contributed by atoms with Crippen molar-refractivity contribution in [3.05, 3.63) is 59.7 Å². The van der Waals surface area contributed by atoms with E-state index >= 15 is 0 Å². The van der Waals surface area contributed by atoms with Crippen molar-refractivity contribution in [2.45, 2.75) is 44.9 Å². The van der Waals surface area contributed by atoms with E-state index in [0.29, 0.717) is 19.4 Å². The van der Waals surface area contributed by atoms with Crippen molar-refractivity contribution in [3.63, 3.8) is 0 Å². The van der Waals surface area contributed by atoms with Gasteiger partial charge in [-0.25, -0.2) is 4.79 Å². The van der Waals surface area contributed by atoms with E-state index in [9.17, 15) is 14.4 Å². The van der Waals surface area contributed by atoms with Crippen LogP contribution in [0, 0.1) is 17.8 Å². The Kier molecular flexibility index (Phi) is 8.06. The molecule has 2 atom stereocenters. The first-order valence-corrected chi connectivity index (χ1v) is 12.5. The summed E-state index contributed by atoms with van der Waals surface area (Å²) in [5, 5.41) is 14.7. The molecule has 2 aliphatic carbocycles. The third-order valence-corrected chi connectivity index (χ3v) is 7.40. The number of carboxylic acids is 1. The van der Waals surface area contributed by atoms with Crippen LogP contribution in [0.2, 0.25) is 0 Å². The first-order valence-electron chi connectivity index (χ1n) is 12.5. The number of amides is 2. The van der Waals surface area contributed by atoms with E-state index in [-0.39, 0.29) is 36.8 Å². The fraction of sp³-hybridized carbons (Fsp3) is 0.464. The molecule has 4 rings (SSSR count). The van der Waals surface area contributed by atoms with Crippen molar-refractivity contribution in [3.8, 4) is 11.1 Å². The van der Waals surface area contributed by atoms with Gasteiger partial charge in [0.1, 0.15) is 6.61 Å². The number of fused-ring (bicyclic) bond motifs is 3. The van der Waals surface area contributed by atoms with E-state index < -0.39 is 18.0 Å². The molecule has 2 aliphatic rings. The molecule has 0 bridgehead atoms. The molecule has 1 fully saturated rings. The number of hydrogen-bond donors (Lipinski definition) is 3. The van der Waals surface area contributed by atoms with Crippen molar-refractivity contribution >= 4 is 18.0 Å². The standard InChI is InChI=1S/C28H34N2O5/c1-18(27(32)33)8-7-15-29-26(31)24(19-9-6-10-19)16-30-28(34)35-17-25-22-13-4-2-11-20(22)21-12-3-5-14-23(21)25/h2-5,11-14,18-19,24-25H,6-10,15-17H2,1H3,(H,29,31)(H,30,34)(H,32,33).